The van der Waals surface area contributed by atoms with E-state index < -0.39 is 0 Å². The number of likely N-dealkylation sites (tertiary alicyclic amines) is 1. The highest BCUT2D eigenvalue weighted by Gasteiger charge is 2.31. The van der Waals surface area contributed by atoms with Crippen LogP contribution in [0.15, 0.2) is 36.5 Å². The number of hydrogen-bond donors (Lipinski definition) is 2. The molecule has 5 heterocycles. The summed E-state index contributed by atoms with van der Waals surface area (Å²) in [6, 6.07) is 9.95. The number of aryl methyl sites for hydroxylation is 2. The zero-order chi connectivity index (χ0) is 23.9. The third kappa shape index (κ3) is 4.32. The Morgan fingerprint density at radius 2 is 1.94 bits per heavy atom. The molecular weight excluding hydrogens is 442 g/mol. The van der Waals surface area contributed by atoms with Crippen molar-refractivity contribution in [1.29, 1.82) is 0 Å². The lowest BCUT2D eigenvalue weighted by Gasteiger charge is -2.36. The molecule has 0 aliphatic carbocycles. The maximum atomic E-state index is 13.0. The number of aromatic amines is 1. The number of benzene rings is 1. The van der Waals surface area contributed by atoms with Crippen LogP contribution in [0.3, 0.4) is 0 Å². The molecule has 2 N–H and O–H groups in total. The standard InChI is InChI=1S/C25H27N9O/c1-15-9-16(2)27-23(10-15)29-25-26-12-18-13-34(14-22(18)28-25)19-5-7-33(8-6-19)24(35)17-3-4-20-21(11-17)31-32-30-20/h3-4,9-12,19H,5-8,13-14H2,1-2H3,(H,30,31,32)(H,26,27,28,29). The molecule has 1 fully saturated rings. The molecule has 0 atom stereocenters. The second kappa shape index (κ2) is 8.70. The smallest absolute Gasteiger partial charge is 0.253 e. The van der Waals surface area contributed by atoms with E-state index in [1.165, 1.54) is 5.56 Å². The molecular formula is C25H27N9O. The van der Waals surface area contributed by atoms with E-state index in [1.807, 2.05) is 48.4 Å². The zero-order valence-electron chi connectivity index (χ0n) is 19.8. The summed E-state index contributed by atoms with van der Waals surface area (Å²) < 4.78 is 0. The lowest BCUT2D eigenvalue weighted by atomic mass is 10.0. The SMILES string of the molecule is Cc1cc(C)nc(Nc2ncc3c(n2)CN(C2CCN(C(=O)c4ccc5nn[nH]c5c4)CC2)C3)c1. The molecule has 4 aromatic rings. The molecule has 0 radical (unpaired) electrons. The Morgan fingerprint density at radius 1 is 1.09 bits per heavy atom. The second-order valence-electron chi connectivity index (χ2n) is 9.43. The Hall–Kier alpha value is -3.92. The Kier molecular flexibility index (Phi) is 5.37. The summed E-state index contributed by atoms with van der Waals surface area (Å²) in [6.45, 7) is 7.16. The van der Waals surface area contributed by atoms with Crippen molar-refractivity contribution in [3.05, 3.63) is 64.6 Å². The number of H-pyrrole nitrogens is 1. The van der Waals surface area contributed by atoms with Crippen LogP contribution in [0.5, 0.6) is 0 Å². The molecule has 35 heavy (non-hydrogen) atoms. The molecule has 1 saturated heterocycles. The minimum Gasteiger partial charge on any atom is -0.339 e. The van der Waals surface area contributed by atoms with Crippen molar-refractivity contribution < 1.29 is 4.79 Å². The number of carbonyl (C=O) groups is 1. The third-order valence-electron chi connectivity index (χ3n) is 6.86. The van der Waals surface area contributed by atoms with Crippen molar-refractivity contribution in [1.82, 2.24) is 40.2 Å². The lowest BCUT2D eigenvalue weighted by molar-refractivity contribution is 0.0613. The lowest BCUT2D eigenvalue weighted by Crippen LogP contribution is -2.45. The first-order chi connectivity index (χ1) is 17.0. The van der Waals surface area contributed by atoms with E-state index in [1.54, 1.807) is 0 Å². The quantitative estimate of drug-likeness (QED) is 0.468. The van der Waals surface area contributed by atoms with Gasteiger partial charge in [0.25, 0.3) is 5.91 Å². The van der Waals surface area contributed by atoms with Gasteiger partial charge in [0.1, 0.15) is 11.3 Å². The first-order valence-electron chi connectivity index (χ1n) is 11.9. The monoisotopic (exact) mass is 469 g/mol. The van der Waals surface area contributed by atoms with E-state index in [-0.39, 0.29) is 5.91 Å². The van der Waals surface area contributed by atoms with Gasteiger partial charge in [-0.1, -0.05) is 5.21 Å². The molecule has 6 rings (SSSR count). The maximum absolute atomic E-state index is 13.0. The first-order valence-corrected chi connectivity index (χ1v) is 11.9. The summed E-state index contributed by atoms with van der Waals surface area (Å²) in [5, 5.41) is 13.9. The average Bonchev–Trinajstić information content (AvgIpc) is 3.49. The van der Waals surface area contributed by atoms with E-state index in [2.05, 4.69) is 42.5 Å². The van der Waals surface area contributed by atoms with Gasteiger partial charge >= 0.3 is 0 Å². The van der Waals surface area contributed by atoms with Gasteiger partial charge in [-0.3, -0.25) is 14.8 Å². The van der Waals surface area contributed by atoms with Crippen LogP contribution in [0.4, 0.5) is 11.8 Å². The van der Waals surface area contributed by atoms with Gasteiger partial charge in [0.15, 0.2) is 0 Å². The van der Waals surface area contributed by atoms with Crippen LogP contribution < -0.4 is 5.32 Å². The predicted molar refractivity (Wildman–Crippen MR) is 131 cm³/mol. The minimum atomic E-state index is 0.0613. The zero-order valence-corrected chi connectivity index (χ0v) is 19.8. The molecule has 1 amide bonds. The van der Waals surface area contributed by atoms with Gasteiger partial charge in [-0.15, -0.1) is 5.10 Å². The van der Waals surface area contributed by atoms with Crippen LogP contribution in [0.25, 0.3) is 11.0 Å². The highest BCUT2D eigenvalue weighted by atomic mass is 16.2. The number of nitrogens with zero attached hydrogens (tertiary/aromatic N) is 7. The highest BCUT2D eigenvalue weighted by molar-refractivity contribution is 5.97. The van der Waals surface area contributed by atoms with Gasteiger partial charge in [0, 0.05) is 55.2 Å². The fourth-order valence-corrected chi connectivity index (χ4v) is 5.11. The molecule has 1 aromatic carbocycles. The van der Waals surface area contributed by atoms with E-state index in [0.717, 1.165) is 72.8 Å². The molecule has 0 spiro atoms. The maximum Gasteiger partial charge on any atom is 0.253 e. The number of fused-ring (bicyclic) bond motifs is 2. The third-order valence-corrected chi connectivity index (χ3v) is 6.86. The number of carbonyl (C=O) groups excluding carboxylic acids is 1. The van der Waals surface area contributed by atoms with Crippen molar-refractivity contribution in [3.8, 4) is 0 Å². The summed E-state index contributed by atoms with van der Waals surface area (Å²) in [5.41, 5.74) is 6.56. The van der Waals surface area contributed by atoms with Crippen LogP contribution in [0.2, 0.25) is 0 Å². The van der Waals surface area contributed by atoms with Crippen LogP contribution in [-0.2, 0) is 13.1 Å². The number of piperidine rings is 1. The molecule has 0 unspecified atom stereocenters. The first kappa shape index (κ1) is 21.6. The Balaban J connectivity index is 1.08. The van der Waals surface area contributed by atoms with Crippen molar-refractivity contribution >= 4 is 28.7 Å². The van der Waals surface area contributed by atoms with Crippen molar-refractivity contribution in [2.45, 2.75) is 45.8 Å². The van der Waals surface area contributed by atoms with Gasteiger partial charge in [-0.05, 0) is 62.6 Å². The normalized spacial score (nSPS) is 16.6. The Labute approximate surface area is 202 Å². The molecule has 0 bridgehead atoms. The summed E-state index contributed by atoms with van der Waals surface area (Å²) in [7, 11) is 0. The molecule has 178 valence electrons. The average molecular weight is 470 g/mol. The van der Waals surface area contributed by atoms with Crippen molar-refractivity contribution in [2.24, 2.45) is 0 Å². The fraction of sp³-hybridized carbons (Fsp3) is 0.360. The van der Waals surface area contributed by atoms with Crippen molar-refractivity contribution in [2.75, 3.05) is 18.4 Å². The molecule has 2 aliphatic rings. The fourth-order valence-electron chi connectivity index (χ4n) is 5.11. The van der Waals surface area contributed by atoms with Gasteiger partial charge in [0.2, 0.25) is 5.95 Å². The molecule has 2 aliphatic heterocycles. The van der Waals surface area contributed by atoms with E-state index >= 15 is 0 Å². The molecule has 10 nitrogen and oxygen atoms in total. The largest absolute Gasteiger partial charge is 0.339 e. The van der Waals surface area contributed by atoms with Crippen LogP contribution >= 0.6 is 0 Å². The number of anilines is 2. The second-order valence-corrected chi connectivity index (χ2v) is 9.43. The number of hydrogen-bond acceptors (Lipinski definition) is 8. The highest BCUT2D eigenvalue weighted by Crippen LogP contribution is 2.28. The number of rotatable bonds is 4. The van der Waals surface area contributed by atoms with Gasteiger partial charge < -0.3 is 10.2 Å². The van der Waals surface area contributed by atoms with Gasteiger partial charge in [-0.25, -0.2) is 15.0 Å². The number of aromatic nitrogens is 6. The number of nitrogens with one attached hydrogen (secondary N) is 2. The predicted octanol–water partition coefficient (Wildman–Crippen LogP) is 3.12. The minimum absolute atomic E-state index is 0.0613. The van der Waals surface area contributed by atoms with Crippen LogP contribution in [-0.4, -0.2) is 65.2 Å². The number of pyridine rings is 1. The van der Waals surface area contributed by atoms with Gasteiger partial charge in [0.05, 0.1) is 11.2 Å². The van der Waals surface area contributed by atoms with E-state index in [0.29, 0.717) is 17.6 Å². The van der Waals surface area contributed by atoms with E-state index in [4.69, 9.17) is 4.98 Å². The van der Waals surface area contributed by atoms with Gasteiger partial charge in [-0.2, -0.15) is 0 Å². The van der Waals surface area contributed by atoms with Crippen molar-refractivity contribution in [3.63, 3.8) is 0 Å². The Bertz CT molecular complexity index is 1390. The molecule has 0 saturated carbocycles. The van der Waals surface area contributed by atoms with E-state index in [9.17, 15) is 4.79 Å². The molecule has 10 heteroatoms. The van der Waals surface area contributed by atoms with Crippen LogP contribution in [0, 0.1) is 13.8 Å². The summed E-state index contributed by atoms with van der Waals surface area (Å²) in [5.74, 6) is 1.40. The van der Waals surface area contributed by atoms with Crippen LogP contribution in [0.1, 0.15) is 45.7 Å². The summed E-state index contributed by atoms with van der Waals surface area (Å²) >= 11 is 0. The number of amides is 1. The Morgan fingerprint density at radius 3 is 2.77 bits per heavy atom. The summed E-state index contributed by atoms with van der Waals surface area (Å²) in [4.78, 5) is 31.3. The summed E-state index contributed by atoms with van der Waals surface area (Å²) in [6.07, 6.45) is 3.81. The topological polar surface area (TPSA) is 116 Å². The molecule has 3 aromatic heterocycles.